The summed E-state index contributed by atoms with van der Waals surface area (Å²) in [6, 6.07) is 0. The monoisotopic (exact) mass is 134 g/mol. The van der Waals surface area contributed by atoms with E-state index in [2.05, 4.69) is 24.0 Å². The number of allylic oxidation sites excluding steroid dienone is 4. The summed E-state index contributed by atoms with van der Waals surface area (Å²) in [6.07, 6.45) is 9.92. The zero-order valence-corrected chi connectivity index (χ0v) is 6.72. The summed E-state index contributed by atoms with van der Waals surface area (Å²) in [4.78, 5) is 0. The zero-order chi connectivity index (χ0) is 7.66. The molecular formula is C10H14. The molecule has 0 N–H and O–H groups in total. The third-order valence-electron chi connectivity index (χ3n) is 1.04. The molecule has 0 nitrogen and oxygen atoms in total. The summed E-state index contributed by atoms with van der Waals surface area (Å²) in [5, 5.41) is 0. The maximum Gasteiger partial charge on any atom is 0.0269 e. The van der Waals surface area contributed by atoms with E-state index >= 15 is 0 Å². The number of rotatable bonds is 2. The van der Waals surface area contributed by atoms with Crippen molar-refractivity contribution >= 4 is 0 Å². The SMILES string of the molecule is CC=CCC#CCC=CC. The minimum absolute atomic E-state index is 0.883. The van der Waals surface area contributed by atoms with Gasteiger partial charge in [0, 0.05) is 12.8 Å². The summed E-state index contributed by atoms with van der Waals surface area (Å²) < 4.78 is 0. The quantitative estimate of drug-likeness (QED) is 0.402. The van der Waals surface area contributed by atoms with Crippen molar-refractivity contribution in [3.8, 4) is 11.8 Å². The lowest BCUT2D eigenvalue weighted by molar-refractivity contribution is 1.40. The first-order valence-corrected chi connectivity index (χ1v) is 3.59. The van der Waals surface area contributed by atoms with Crippen molar-refractivity contribution in [2.45, 2.75) is 26.7 Å². The zero-order valence-electron chi connectivity index (χ0n) is 6.72. The van der Waals surface area contributed by atoms with Gasteiger partial charge in [0.05, 0.1) is 0 Å². The van der Waals surface area contributed by atoms with Crippen molar-refractivity contribution in [1.29, 1.82) is 0 Å². The fourth-order valence-corrected chi connectivity index (χ4v) is 0.498. The first kappa shape index (κ1) is 9.04. The van der Waals surface area contributed by atoms with Crippen LogP contribution in [-0.4, -0.2) is 0 Å². The molecular weight excluding hydrogens is 120 g/mol. The lowest BCUT2D eigenvalue weighted by Crippen LogP contribution is -1.59. The van der Waals surface area contributed by atoms with E-state index in [1.165, 1.54) is 0 Å². The van der Waals surface area contributed by atoms with Crippen LogP contribution in [0, 0.1) is 11.8 Å². The molecule has 0 aromatic carbocycles. The number of hydrogen-bond acceptors (Lipinski definition) is 0. The molecule has 0 rings (SSSR count). The van der Waals surface area contributed by atoms with Gasteiger partial charge in [-0.1, -0.05) is 36.1 Å². The van der Waals surface area contributed by atoms with Crippen molar-refractivity contribution in [1.82, 2.24) is 0 Å². The maximum atomic E-state index is 3.03. The second kappa shape index (κ2) is 8.04. The third kappa shape index (κ3) is 7.04. The van der Waals surface area contributed by atoms with E-state index in [9.17, 15) is 0 Å². The Morgan fingerprint density at radius 3 is 1.60 bits per heavy atom. The molecule has 0 radical (unpaired) electrons. The van der Waals surface area contributed by atoms with Crippen LogP contribution < -0.4 is 0 Å². The van der Waals surface area contributed by atoms with Crippen LogP contribution >= 0.6 is 0 Å². The Bertz CT molecular complexity index is 144. The van der Waals surface area contributed by atoms with Crippen LogP contribution in [-0.2, 0) is 0 Å². The molecule has 0 aliphatic rings. The minimum atomic E-state index is 0.883. The van der Waals surface area contributed by atoms with Gasteiger partial charge in [-0.25, -0.2) is 0 Å². The van der Waals surface area contributed by atoms with Crippen molar-refractivity contribution in [3.05, 3.63) is 24.3 Å². The van der Waals surface area contributed by atoms with Crippen molar-refractivity contribution < 1.29 is 0 Å². The molecule has 0 aromatic heterocycles. The highest BCUT2D eigenvalue weighted by Gasteiger charge is 1.66. The van der Waals surface area contributed by atoms with Gasteiger partial charge in [0.15, 0.2) is 0 Å². The second-order valence-corrected chi connectivity index (χ2v) is 1.90. The van der Waals surface area contributed by atoms with E-state index in [1.54, 1.807) is 0 Å². The van der Waals surface area contributed by atoms with Crippen LogP contribution in [0.4, 0.5) is 0 Å². The van der Waals surface area contributed by atoms with Crippen LogP contribution in [0.25, 0.3) is 0 Å². The van der Waals surface area contributed by atoms with Crippen LogP contribution in [0.2, 0.25) is 0 Å². The Labute approximate surface area is 63.6 Å². The molecule has 0 amide bonds. The fraction of sp³-hybridized carbons (Fsp3) is 0.400. The molecule has 0 fully saturated rings. The summed E-state index contributed by atoms with van der Waals surface area (Å²) in [5.74, 6) is 6.07. The molecule has 0 heterocycles. The lowest BCUT2D eigenvalue weighted by Gasteiger charge is -1.74. The molecule has 0 aromatic rings. The Morgan fingerprint density at radius 2 is 1.30 bits per heavy atom. The topological polar surface area (TPSA) is 0 Å². The molecule has 0 unspecified atom stereocenters. The van der Waals surface area contributed by atoms with Crippen molar-refractivity contribution in [3.63, 3.8) is 0 Å². The highest BCUT2D eigenvalue weighted by Crippen LogP contribution is 1.81. The van der Waals surface area contributed by atoms with Gasteiger partial charge in [0.1, 0.15) is 0 Å². The lowest BCUT2D eigenvalue weighted by atomic mass is 10.3. The Hall–Kier alpha value is -0.960. The van der Waals surface area contributed by atoms with Gasteiger partial charge in [0.2, 0.25) is 0 Å². The highest BCUT2D eigenvalue weighted by atomic mass is 13.7. The normalized spacial score (nSPS) is 10.2. The minimum Gasteiger partial charge on any atom is -0.0988 e. The average Bonchev–Trinajstić information content (AvgIpc) is 1.97. The first-order chi connectivity index (χ1) is 4.91. The van der Waals surface area contributed by atoms with Crippen molar-refractivity contribution in [2.75, 3.05) is 0 Å². The van der Waals surface area contributed by atoms with Gasteiger partial charge < -0.3 is 0 Å². The molecule has 0 aliphatic carbocycles. The first-order valence-electron chi connectivity index (χ1n) is 3.59. The van der Waals surface area contributed by atoms with E-state index in [0.717, 1.165) is 12.8 Å². The van der Waals surface area contributed by atoms with Crippen LogP contribution in [0.15, 0.2) is 24.3 Å². The van der Waals surface area contributed by atoms with Gasteiger partial charge in [-0.3, -0.25) is 0 Å². The van der Waals surface area contributed by atoms with Gasteiger partial charge in [-0.2, -0.15) is 0 Å². The predicted molar refractivity (Wildman–Crippen MR) is 46.6 cm³/mol. The molecule has 0 bridgehead atoms. The molecule has 0 heteroatoms. The summed E-state index contributed by atoms with van der Waals surface area (Å²) in [7, 11) is 0. The van der Waals surface area contributed by atoms with Crippen LogP contribution in [0.3, 0.4) is 0 Å². The largest absolute Gasteiger partial charge is 0.0988 e. The average molecular weight is 134 g/mol. The maximum absolute atomic E-state index is 3.03. The van der Waals surface area contributed by atoms with Gasteiger partial charge in [-0.05, 0) is 13.8 Å². The van der Waals surface area contributed by atoms with Crippen LogP contribution in [0.1, 0.15) is 26.7 Å². The predicted octanol–water partition coefficient (Wildman–Crippen LogP) is 2.92. The van der Waals surface area contributed by atoms with E-state index in [1.807, 2.05) is 26.0 Å². The highest BCUT2D eigenvalue weighted by molar-refractivity contribution is 5.07. The number of hydrogen-bond donors (Lipinski definition) is 0. The van der Waals surface area contributed by atoms with Crippen molar-refractivity contribution in [2.24, 2.45) is 0 Å². The second-order valence-electron chi connectivity index (χ2n) is 1.90. The molecule has 54 valence electrons. The Balaban J connectivity index is 3.31. The molecule has 0 aliphatic heterocycles. The Kier molecular flexibility index (Phi) is 7.27. The summed E-state index contributed by atoms with van der Waals surface area (Å²) in [6.45, 7) is 4.02. The molecule has 0 atom stereocenters. The Morgan fingerprint density at radius 1 is 0.900 bits per heavy atom. The molecule has 0 spiro atoms. The molecule has 0 saturated carbocycles. The van der Waals surface area contributed by atoms with Gasteiger partial charge in [-0.15, -0.1) is 0 Å². The van der Waals surface area contributed by atoms with E-state index < -0.39 is 0 Å². The molecule has 0 saturated heterocycles. The van der Waals surface area contributed by atoms with Crippen LogP contribution in [0.5, 0.6) is 0 Å². The molecule has 10 heavy (non-hydrogen) atoms. The van der Waals surface area contributed by atoms with Gasteiger partial charge in [0.25, 0.3) is 0 Å². The van der Waals surface area contributed by atoms with E-state index in [-0.39, 0.29) is 0 Å². The third-order valence-corrected chi connectivity index (χ3v) is 1.04. The summed E-state index contributed by atoms with van der Waals surface area (Å²) >= 11 is 0. The van der Waals surface area contributed by atoms with Gasteiger partial charge >= 0.3 is 0 Å². The summed E-state index contributed by atoms with van der Waals surface area (Å²) in [5.41, 5.74) is 0. The standard InChI is InChI=1S/C10H14/c1-3-5-7-9-10-8-6-4-2/h3-6H,7-8H2,1-2H3. The fourth-order valence-electron chi connectivity index (χ4n) is 0.498. The van der Waals surface area contributed by atoms with E-state index in [0.29, 0.717) is 0 Å². The van der Waals surface area contributed by atoms with E-state index in [4.69, 9.17) is 0 Å². The smallest absolute Gasteiger partial charge is 0.0269 e.